The molecule has 0 atom stereocenters. The van der Waals surface area contributed by atoms with Crippen molar-refractivity contribution < 1.29 is 0 Å². The van der Waals surface area contributed by atoms with Crippen LogP contribution >= 0.6 is 0 Å². The largest absolute Gasteiger partial charge is 0.321 e. The van der Waals surface area contributed by atoms with Gasteiger partial charge in [0.15, 0.2) is 0 Å². The van der Waals surface area contributed by atoms with E-state index in [0.717, 1.165) is 6.42 Å². The highest BCUT2D eigenvalue weighted by molar-refractivity contribution is 5.63. The standard InChI is InChI=1S/C27H38N4/c1-3-5-7-8-9-10-12-25-15-19-27(20-16-25)31(23-30-22-21-28-29-30)26-17-13-24(14-18-26)11-6-4-2/h13-22H,3-12,23H2,1-2H3. The molecule has 1 aromatic heterocycles. The Morgan fingerprint density at radius 2 is 1.23 bits per heavy atom. The second-order valence-electron chi connectivity index (χ2n) is 8.47. The molecule has 0 saturated heterocycles. The van der Waals surface area contributed by atoms with Gasteiger partial charge in [-0.1, -0.05) is 81.9 Å². The first-order chi connectivity index (χ1) is 15.3. The van der Waals surface area contributed by atoms with Gasteiger partial charge in [0.25, 0.3) is 0 Å². The number of hydrogen-bond acceptors (Lipinski definition) is 3. The van der Waals surface area contributed by atoms with Crippen LogP contribution in [-0.4, -0.2) is 15.0 Å². The maximum atomic E-state index is 4.18. The Kier molecular flexibility index (Phi) is 9.62. The Morgan fingerprint density at radius 1 is 0.677 bits per heavy atom. The quantitative estimate of drug-likeness (QED) is 0.257. The minimum atomic E-state index is 0.644. The molecule has 3 aromatic rings. The van der Waals surface area contributed by atoms with Gasteiger partial charge in [-0.15, -0.1) is 5.10 Å². The zero-order valence-electron chi connectivity index (χ0n) is 19.3. The highest BCUT2D eigenvalue weighted by Gasteiger charge is 2.11. The number of rotatable bonds is 14. The third-order valence-corrected chi connectivity index (χ3v) is 5.89. The van der Waals surface area contributed by atoms with Crippen molar-refractivity contribution in [3.63, 3.8) is 0 Å². The fourth-order valence-corrected chi connectivity index (χ4v) is 3.94. The zero-order chi connectivity index (χ0) is 21.7. The van der Waals surface area contributed by atoms with Crippen molar-refractivity contribution in [1.29, 1.82) is 0 Å². The lowest BCUT2D eigenvalue weighted by atomic mass is 10.0. The van der Waals surface area contributed by atoms with Gasteiger partial charge < -0.3 is 4.90 Å². The SMILES string of the molecule is CCCCCCCCc1ccc(N(Cn2ccnn2)c2ccc(CCCC)cc2)cc1. The van der Waals surface area contributed by atoms with Crippen LogP contribution in [0.4, 0.5) is 11.4 Å². The molecule has 0 radical (unpaired) electrons. The first-order valence-corrected chi connectivity index (χ1v) is 12.1. The van der Waals surface area contributed by atoms with E-state index in [9.17, 15) is 0 Å². The maximum Gasteiger partial charge on any atom is 0.118 e. The molecule has 0 amide bonds. The highest BCUT2D eigenvalue weighted by Crippen LogP contribution is 2.27. The van der Waals surface area contributed by atoms with Crippen LogP contribution in [0.2, 0.25) is 0 Å². The number of nitrogens with zero attached hydrogens (tertiary/aromatic N) is 4. The van der Waals surface area contributed by atoms with Crippen molar-refractivity contribution in [2.24, 2.45) is 0 Å². The number of benzene rings is 2. The van der Waals surface area contributed by atoms with Crippen molar-refractivity contribution in [3.8, 4) is 0 Å². The molecule has 0 aliphatic rings. The van der Waals surface area contributed by atoms with E-state index in [1.807, 2.05) is 10.9 Å². The summed E-state index contributed by atoms with van der Waals surface area (Å²) in [6.45, 7) is 5.16. The van der Waals surface area contributed by atoms with Crippen LogP contribution in [0.3, 0.4) is 0 Å². The molecule has 166 valence electrons. The van der Waals surface area contributed by atoms with Crippen LogP contribution in [0.1, 0.15) is 76.3 Å². The summed E-state index contributed by atoms with van der Waals surface area (Å²) in [5.41, 5.74) is 5.19. The van der Waals surface area contributed by atoms with Gasteiger partial charge in [0.2, 0.25) is 0 Å². The summed E-state index contributed by atoms with van der Waals surface area (Å²) < 4.78 is 1.87. The van der Waals surface area contributed by atoms with E-state index in [2.05, 4.69) is 77.6 Å². The number of hydrogen-bond donors (Lipinski definition) is 0. The maximum absolute atomic E-state index is 4.18. The molecule has 0 spiro atoms. The first-order valence-electron chi connectivity index (χ1n) is 12.1. The molecule has 1 heterocycles. The lowest BCUT2D eigenvalue weighted by Crippen LogP contribution is -2.21. The average molecular weight is 419 g/mol. The summed E-state index contributed by atoms with van der Waals surface area (Å²) in [5, 5.41) is 8.15. The van der Waals surface area contributed by atoms with E-state index in [1.165, 1.54) is 80.3 Å². The Bertz CT molecular complexity index is 838. The van der Waals surface area contributed by atoms with Gasteiger partial charge in [-0.2, -0.15) is 0 Å². The summed E-state index contributed by atoms with van der Waals surface area (Å²) >= 11 is 0. The van der Waals surface area contributed by atoms with Crippen LogP contribution in [-0.2, 0) is 19.5 Å². The molecule has 0 bridgehead atoms. The summed E-state index contributed by atoms with van der Waals surface area (Å²) in [6.07, 6.45) is 16.5. The van der Waals surface area contributed by atoms with E-state index in [1.54, 1.807) is 6.20 Å². The lowest BCUT2D eigenvalue weighted by molar-refractivity contribution is 0.596. The van der Waals surface area contributed by atoms with Crippen molar-refractivity contribution in [2.75, 3.05) is 4.90 Å². The molecule has 31 heavy (non-hydrogen) atoms. The summed E-state index contributed by atoms with van der Waals surface area (Å²) in [4.78, 5) is 2.30. The summed E-state index contributed by atoms with van der Waals surface area (Å²) in [6, 6.07) is 18.0. The molecule has 0 unspecified atom stereocenters. The fraction of sp³-hybridized carbons (Fsp3) is 0.481. The molecular formula is C27H38N4. The molecule has 0 fully saturated rings. The minimum absolute atomic E-state index is 0.644. The predicted molar refractivity (Wildman–Crippen MR) is 131 cm³/mol. The number of aromatic nitrogens is 3. The van der Waals surface area contributed by atoms with Crippen LogP contribution in [0.25, 0.3) is 0 Å². The first kappa shape index (κ1) is 23.1. The molecule has 2 aromatic carbocycles. The fourth-order valence-electron chi connectivity index (χ4n) is 3.94. The molecular weight excluding hydrogens is 380 g/mol. The normalized spacial score (nSPS) is 11.0. The zero-order valence-corrected chi connectivity index (χ0v) is 19.3. The smallest absolute Gasteiger partial charge is 0.118 e. The van der Waals surface area contributed by atoms with Crippen molar-refractivity contribution >= 4 is 11.4 Å². The number of anilines is 2. The Balaban J connectivity index is 1.66. The minimum Gasteiger partial charge on any atom is -0.321 e. The van der Waals surface area contributed by atoms with Gasteiger partial charge >= 0.3 is 0 Å². The molecule has 0 saturated carbocycles. The summed E-state index contributed by atoms with van der Waals surface area (Å²) in [5.74, 6) is 0. The van der Waals surface area contributed by atoms with E-state index < -0.39 is 0 Å². The van der Waals surface area contributed by atoms with Crippen molar-refractivity contribution in [3.05, 3.63) is 72.1 Å². The Morgan fingerprint density at radius 3 is 1.77 bits per heavy atom. The van der Waals surface area contributed by atoms with Crippen LogP contribution < -0.4 is 4.90 Å². The summed E-state index contributed by atoms with van der Waals surface area (Å²) in [7, 11) is 0. The van der Waals surface area contributed by atoms with E-state index in [0.29, 0.717) is 6.67 Å². The van der Waals surface area contributed by atoms with Crippen LogP contribution in [0, 0.1) is 0 Å². The van der Waals surface area contributed by atoms with Crippen molar-refractivity contribution in [1.82, 2.24) is 15.0 Å². The van der Waals surface area contributed by atoms with Gasteiger partial charge in [0.05, 0.1) is 6.20 Å². The van der Waals surface area contributed by atoms with E-state index in [-0.39, 0.29) is 0 Å². The van der Waals surface area contributed by atoms with Gasteiger partial charge in [-0.05, 0) is 61.1 Å². The molecule has 4 nitrogen and oxygen atoms in total. The van der Waals surface area contributed by atoms with Crippen LogP contribution in [0.15, 0.2) is 60.9 Å². The van der Waals surface area contributed by atoms with Gasteiger partial charge in [0, 0.05) is 17.6 Å². The Hall–Kier alpha value is -2.62. The number of aryl methyl sites for hydroxylation is 2. The van der Waals surface area contributed by atoms with Crippen LogP contribution in [0.5, 0.6) is 0 Å². The molecule has 0 aliphatic heterocycles. The topological polar surface area (TPSA) is 34.0 Å². The molecule has 0 aliphatic carbocycles. The third-order valence-electron chi connectivity index (χ3n) is 5.89. The average Bonchev–Trinajstić information content (AvgIpc) is 3.33. The monoisotopic (exact) mass is 418 g/mol. The Labute approximate surface area is 188 Å². The molecule has 3 rings (SSSR count). The van der Waals surface area contributed by atoms with Gasteiger partial charge in [-0.25, -0.2) is 4.68 Å². The van der Waals surface area contributed by atoms with E-state index >= 15 is 0 Å². The van der Waals surface area contributed by atoms with Gasteiger partial charge in [0.1, 0.15) is 6.67 Å². The third kappa shape index (κ3) is 7.54. The molecule has 4 heteroatoms. The highest BCUT2D eigenvalue weighted by atomic mass is 15.5. The number of unbranched alkanes of at least 4 members (excludes halogenated alkanes) is 6. The van der Waals surface area contributed by atoms with Crippen molar-refractivity contribution in [2.45, 2.75) is 84.7 Å². The second kappa shape index (κ2) is 12.9. The molecule has 0 N–H and O–H groups in total. The lowest BCUT2D eigenvalue weighted by Gasteiger charge is -2.25. The van der Waals surface area contributed by atoms with E-state index in [4.69, 9.17) is 0 Å². The second-order valence-corrected chi connectivity index (χ2v) is 8.47. The van der Waals surface area contributed by atoms with Gasteiger partial charge in [-0.3, -0.25) is 0 Å². The predicted octanol–water partition coefficient (Wildman–Crippen LogP) is 7.32.